The SMILES string of the molecule is CCCCCCC(=O)N[C@H]1CCCC[C@H]1NC(=O)c1csc(COc2ccc(Cl)cc2)n1. The molecule has 0 radical (unpaired) electrons. The highest BCUT2D eigenvalue weighted by atomic mass is 35.5. The number of hydrogen-bond acceptors (Lipinski definition) is 5. The van der Waals surface area contributed by atoms with Crippen molar-refractivity contribution in [3.8, 4) is 5.75 Å². The second-order valence-electron chi connectivity index (χ2n) is 8.22. The van der Waals surface area contributed by atoms with Gasteiger partial charge in [-0.25, -0.2) is 4.98 Å². The van der Waals surface area contributed by atoms with Crippen LogP contribution in [-0.2, 0) is 11.4 Å². The van der Waals surface area contributed by atoms with Gasteiger partial charge in [0, 0.05) is 28.9 Å². The second kappa shape index (κ2) is 12.8. The van der Waals surface area contributed by atoms with Gasteiger partial charge in [0.05, 0.1) is 0 Å². The third-order valence-electron chi connectivity index (χ3n) is 5.65. The Bertz CT molecular complexity index is 872. The van der Waals surface area contributed by atoms with Crippen LogP contribution in [-0.4, -0.2) is 28.9 Å². The van der Waals surface area contributed by atoms with E-state index in [0.717, 1.165) is 56.4 Å². The Kier molecular flexibility index (Phi) is 9.81. The summed E-state index contributed by atoms with van der Waals surface area (Å²) in [6, 6.07) is 7.05. The Morgan fingerprint density at radius 1 is 1.09 bits per heavy atom. The molecule has 1 aliphatic rings. The number of halogens is 1. The minimum Gasteiger partial charge on any atom is -0.486 e. The molecular weight excluding hydrogens is 446 g/mol. The van der Waals surface area contributed by atoms with E-state index in [4.69, 9.17) is 16.3 Å². The summed E-state index contributed by atoms with van der Waals surface area (Å²) >= 11 is 7.28. The van der Waals surface area contributed by atoms with Gasteiger partial charge in [0.1, 0.15) is 23.1 Å². The summed E-state index contributed by atoms with van der Waals surface area (Å²) < 4.78 is 5.71. The number of carbonyl (C=O) groups excluding carboxylic acids is 2. The van der Waals surface area contributed by atoms with E-state index in [0.29, 0.717) is 29.5 Å². The monoisotopic (exact) mass is 477 g/mol. The molecule has 2 N–H and O–H groups in total. The number of thiazole rings is 1. The number of nitrogens with zero attached hydrogens (tertiary/aromatic N) is 1. The van der Waals surface area contributed by atoms with Gasteiger partial charge in [0.2, 0.25) is 5.91 Å². The van der Waals surface area contributed by atoms with E-state index < -0.39 is 0 Å². The molecule has 2 atom stereocenters. The molecular formula is C24H32ClN3O3S. The molecule has 3 rings (SSSR count). The van der Waals surface area contributed by atoms with Crippen molar-refractivity contribution in [2.75, 3.05) is 0 Å². The van der Waals surface area contributed by atoms with Crippen molar-refractivity contribution in [2.45, 2.75) is 83.4 Å². The maximum Gasteiger partial charge on any atom is 0.271 e. The highest BCUT2D eigenvalue weighted by Gasteiger charge is 2.28. The minimum atomic E-state index is -0.201. The lowest BCUT2D eigenvalue weighted by molar-refractivity contribution is -0.122. The summed E-state index contributed by atoms with van der Waals surface area (Å²) in [7, 11) is 0. The summed E-state index contributed by atoms with van der Waals surface area (Å²) in [5.74, 6) is 0.585. The molecule has 0 saturated heterocycles. The molecule has 0 spiro atoms. The van der Waals surface area contributed by atoms with Crippen LogP contribution in [0.2, 0.25) is 5.02 Å². The quantitative estimate of drug-likeness (QED) is 0.418. The summed E-state index contributed by atoms with van der Waals surface area (Å²) in [6.45, 7) is 2.45. The third kappa shape index (κ3) is 7.78. The number of hydrogen-bond donors (Lipinski definition) is 2. The normalized spacial score (nSPS) is 18.2. The van der Waals surface area contributed by atoms with Gasteiger partial charge in [-0.1, -0.05) is 50.6 Å². The number of aromatic nitrogens is 1. The molecule has 1 aromatic carbocycles. The van der Waals surface area contributed by atoms with Crippen molar-refractivity contribution < 1.29 is 14.3 Å². The zero-order chi connectivity index (χ0) is 22.8. The zero-order valence-corrected chi connectivity index (χ0v) is 20.1. The summed E-state index contributed by atoms with van der Waals surface area (Å²) in [6.07, 6.45) is 8.75. The molecule has 2 amide bonds. The average molecular weight is 478 g/mol. The lowest BCUT2D eigenvalue weighted by Gasteiger charge is -2.32. The topological polar surface area (TPSA) is 80.3 Å². The molecule has 6 nitrogen and oxygen atoms in total. The zero-order valence-electron chi connectivity index (χ0n) is 18.6. The first-order chi connectivity index (χ1) is 15.5. The van der Waals surface area contributed by atoms with Crippen molar-refractivity contribution in [2.24, 2.45) is 0 Å². The lowest BCUT2D eigenvalue weighted by atomic mass is 9.90. The molecule has 0 bridgehead atoms. The number of amides is 2. The number of benzene rings is 1. The summed E-state index contributed by atoms with van der Waals surface area (Å²) in [5, 5.41) is 9.37. The third-order valence-corrected chi connectivity index (χ3v) is 6.72. The molecule has 1 saturated carbocycles. The van der Waals surface area contributed by atoms with Crippen LogP contribution in [0.1, 0.15) is 80.2 Å². The van der Waals surface area contributed by atoms with Crippen molar-refractivity contribution in [1.82, 2.24) is 15.6 Å². The molecule has 32 heavy (non-hydrogen) atoms. The van der Waals surface area contributed by atoms with E-state index in [1.54, 1.807) is 29.6 Å². The molecule has 0 unspecified atom stereocenters. The predicted octanol–water partition coefficient (Wildman–Crippen LogP) is 5.50. The second-order valence-corrected chi connectivity index (χ2v) is 9.60. The minimum absolute atomic E-state index is 0.0160. The van der Waals surface area contributed by atoms with E-state index in [1.165, 1.54) is 11.3 Å². The van der Waals surface area contributed by atoms with Gasteiger partial charge in [-0.2, -0.15) is 0 Å². The van der Waals surface area contributed by atoms with Crippen LogP contribution in [0.15, 0.2) is 29.6 Å². The number of carbonyl (C=O) groups is 2. The average Bonchev–Trinajstić information content (AvgIpc) is 3.27. The van der Waals surface area contributed by atoms with Crippen molar-refractivity contribution in [3.63, 3.8) is 0 Å². The Labute approximate surface area is 199 Å². The van der Waals surface area contributed by atoms with Gasteiger partial charge < -0.3 is 15.4 Å². The maximum absolute atomic E-state index is 12.8. The highest BCUT2D eigenvalue weighted by Crippen LogP contribution is 2.21. The van der Waals surface area contributed by atoms with E-state index in [2.05, 4.69) is 22.5 Å². The largest absolute Gasteiger partial charge is 0.486 e. The molecule has 8 heteroatoms. The van der Waals surface area contributed by atoms with E-state index in [1.807, 2.05) is 0 Å². The molecule has 2 aromatic rings. The molecule has 1 heterocycles. The molecule has 1 fully saturated rings. The van der Waals surface area contributed by atoms with Gasteiger partial charge >= 0.3 is 0 Å². The molecule has 1 aromatic heterocycles. The fourth-order valence-corrected chi connectivity index (χ4v) is 4.68. The summed E-state index contributed by atoms with van der Waals surface area (Å²) in [4.78, 5) is 29.5. The van der Waals surface area contributed by atoms with Crippen molar-refractivity contribution >= 4 is 34.8 Å². The van der Waals surface area contributed by atoms with Crippen molar-refractivity contribution in [1.29, 1.82) is 0 Å². The first-order valence-corrected chi connectivity index (χ1v) is 12.7. The van der Waals surface area contributed by atoms with Gasteiger partial charge in [-0.15, -0.1) is 11.3 Å². The van der Waals surface area contributed by atoms with Gasteiger partial charge in [0.25, 0.3) is 5.91 Å². The van der Waals surface area contributed by atoms with E-state index in [-0.39, 0.29) is 23.9 Å². The Morgan fingerprint density at radius 2 is 1.81 bits per heavy atom. The standard InChI is InChI=1S/C24H32ClN3O3S/c1-2-3-4-5-10-22(29)26-19-8-6-7-9-20(19)28-24(30)21-16-32-23(27-21)15-31-18-13-11-17(25)12-14-18/h11-14,16,19-20H,2-10,15H2,1H3,(H,26,29)(H,28,30)/t19-,20+/m0/s1. The molecule has 174 valence electrons. The fourth-order valence-electron chi connectivity index (χ4n) is 3.87. The molecule has 0 aliphatic heterocycles. The highest BCUT2D eigenvalue weighted by molar-refractivity contribution is 7.09. The fraction of sp³-hybridized carbons (Fsp3) is 0.542. The van der Waals surface area contributed by atoms with E-state index >= 15 is 0 Å². The van der Waals surface area contributed by atoms with Crippen molar-refractivity contribution in [3.05, 3.63) is 45.4 Å². The first kappa shape index (κ1) is 24.5. The number of ether oxygens (including phenoxy) is 1. The maximum atomic E-state index is 12.8. The number of nitrogens with one attached hydrogen (secondary N) is 2. The van der Waals surface area contributed by atoms with Gasteiger partial charge in [-0.3, -0.25) is 9.59 Å². The van der Waals surface area contributed by atoms with Crippen LogP contribution in [0, 0.1) is 0 Å². The van der Waals surface area contributed by atoms with Crippen LogP contribution >= 0.6 is 22.9 Å². The Morgan fingerprint density at radius 3 is 2.53 bits per heavy atom. The summed E-state index contributed by atoms with van der Waals surface area (Å²) in [5.41, 5.74) is 0.389. The van der Waals surface area contributed by atoms with Crippen LogP contribution in [0.4, 0.5) is 0 Å². The molecule has 1 aliphatic carbocycles. The Balaban J connectivity index is 1.48. The smallest absolute Gasteiger partial charge is 0.271 e. The van der Waals surface area contributed by atoms with E-state index in [9.17, 15) is 9.59 Å². The lowest BCUT2D eigenvalue weighted by Crippen LogP contribution is -2.53. The van der Waals surface area contributed by atoms with Crippen LogP contribution in [0.5, 0.6) is 5.75 Å². The van der Waals surface area contributed by atoms with Gasteiger partial charge in [0.15, 0.2) is 0 Å². The van der Waals surface area contributed by atoms with Gasteiger partial charge in [-0.05, 0) is 43.5 Å². The Hall–Kier alpha value is -2.12. The number of rotatable bonds is 11. The van der Waals surface area contributed by atoms with Crippen LogP contribution in [0.3, 0.4) is 0 Å². The first-order valence-electron chi connectivity index (χ1n) is 11.5. The predicted molar refractivity (Wildman–Crippen MR) is 128 cm³/mol. The van der Waals surface area contributed by atoms with Crippen LogP contribution in [0.25, 0.3) is 0 Å². The van der Waals surface area contributed by atoms with Crippen LogP contribution < -0.4 is 15.4 Å². The number of unbranched alkanes of at least 4 members (excludes halogenated alkanes) is 3.